The van der Waals surface area contributed by atoms with Crippen LogP contribution >= 0.6 is 11.8 Å². The maximum absolute atomic E-state index is 12.8. The molecule has 17 heteroatoms. The van der Waals surface area contributed by atoms with Gasteiger partial charge in [0.15, 0.2) is 12.5 Å². The minimum Gasteiger partial charge on any atom is -0.387 e. The molecule has 9 atom stereocenters. The van der Waals surface area contributed by atoms with Crippen molar-refractivity contribution < 1.29 is 34.7 Å². The molecule has 16 nitrogen and oxygen atoms in total. The number of H-pyrrole nitrogens is 2. The van der Waals surface area contributed by atoms with Crippen LogP contribution in [0, 0.1) is 6.92 Å². The number of rotatable bonds is 5. The molecular formula is C21H25N5O11S. The van der Waals surface area contributed by atoms with Gasteiger partial charge in [-0.25, -0.2) is 9.59 Å². The highest BCUT2D eigenvalue weighted by Gasteiger charge is 2.53. The summed E-state index contributed by atoms with van der Waals surface area (Å²) in [4.78, 5) is 65.7. The van der Waals surface area contributed by atoms with E-state index in [0.29, 0.717) is 0 Å². The molecule has 3 aliphatic heterocycles. The second-order valence-electron chi connectivity index (χ2n) is 9.26. The van der Waals surface area contributed by atoms with Crippen molar-refractivity contribution in [3.8, 4) is 0 Å². The molecule has 1 amide bonds. The van der Waals surface area contributed by atoms with E-state index in [1.807, 2.05) is 4.98 Å². The second-order valence-corrected chi connectivity index (χ2v) is 10.4. The van der Waals surface area contributed by atoms with Gasteiger partial charge >= 0.3 is 11.4 Å². The Morgan fingerprint density at radius 2 is 1.58 bits per heavy atom. The monoisotopic (exact) mass is 555 g/mol. The third kappa shape index (κ3) is 4.45. The van der Waals surface area contributed by atoms with E-state index >= 15 is 0 Å². The topological polar surface area (TPSA) is 229 Å². The maximum Gasteiger partial charge on any atom is 0.330 e. The van der Waals surface area contributed by atoms with Gasteiger partial charge in [-0.2, -0.15) is 0 Å². The number of aromatic amines is 2. The number of aryl methyl sites for hydroxylation is 1. The number of ether oxygens (including phenoxy) is 2. The van der Waals surface area contributed by atoms with Gasteiger partial charge < -0.3 is 34.8 Å². The summed E-state index contributed by atoms with van der Waals surface area (Å²) in [5.74, 6) is -0.426. The van der Waals surface area contributed by atoms with Gasteiger partial charge in [0.25, 0.3) is 11.1 Å². The largest absolute Gasteiger partial charge is 0.387 e. The molecule has 6 N–H and O–H groups in total. The zero-order valence-corrected chi connectivity index (χ0v) is 20.6. The van der Waals surface area contributed by atoms with E-state index in [0.717, 1.165) is 33.2 Å². The molecule has 2 aromatic rings. The van der Waals surface area contributed by atoms with E-state index in [1.54, 1.807) is 0 Å². The number of thioether (sulfide) groups is 1. The van der Waals surface area contributed by atoms with E-state index in [2.05, 4.69) is 4.98 Å². The summed E-state index contributed by atoms with van der Waals surface area (Å²) in [5, 5.41) is 41.7. The predicted octanol–water partition coefficient (Wildman–Crippen LogP) is -4.46. The first-order valence-electron chi connectivity index (χ1n) is 11.6. The van der Waals surface area contributed by atoms with Crippen molar-refractivity contribution in [3.05, 3.63) is 65.7 Å². The number of carbonyl (C=O) groups excluding carboxylic acids is 1. The van der Waals surface area contributed by atoms with Crippen LogP contribution in [0.25, 0.3) is 0 Å². The van der Waals surface area contributed by atoms with Crippen molar-refractivity contribution in [1.29, 1.82) is 0 Å². The third-order valence-corrected chi connectivity index (χ3v) is 8.10. The van der Waals surface area contributed by atoms with Crippen LogP contribution in [0.2, 0.25) is 0 Å². The number of carbonyl (C=O) groups is 1. The molecule has 3 aliphatic rings. The van der Waals surface area contributed by atoms with Gasteiger partial charge in [-0.15, -0.1) is 11.8 Å². The minimum atomic E-state index is -1.57. The van der Waals surface area contributed by atoms with Crippen LogP contribution in [0.4, 0.5) is 0 Å². The van der Waals surface area contributed by atoms with Crippen molar-refractivity contribution >= 4 is 17.7 Å². The molecule has 5 heterocycles. The Kier molecular flexibility index (Phi) is 6.93. The summed E-state index contributed by atoms with van der Waals surface area (Å²) in [5.41, 5.74) is -2.82. The molecule has 0 spiro atoms. The number of aliphatic hydroxyl groups is 4. The second kappa shape index (κ2) is 9.92. The van der Waals surface area contributed by atoms with Crippen LogP contribution in [-0.4, -0.2) is 105 Å². The number of aromatic nitrogens is 4. The van der Waals surface area contributed by atoms with Gasteiger partial charge in [-0.3, -0.25) is 33.5 Å². The first-order chi connectivity index (χ1) is 18.0. The van der Waals surface area contributed by atoms with E-state index in [-0.39, 0.29) is 17.9 Å². The van der Waals surface area contributed by atoms with Crippen molar-refractivity contribution in [1.82, 2.24) is 24.0 Å². The Balaban J connectivity index is 1.36. The highest BCUT2D eigenvalue weighted by atomic mass is 32.2. The number of nitrogens with one attached hydrogen (secondary N) is 2. The van der Waals surface area contributed by atoms with Crippen LogP contribution in [-0.2, 0) is 14.3 Å². The summed E-state index contributed by atoms with van der Waals surface area (Å²) < 4.78 is 13.4. The van der Waals surface area contributed by atoms with Gasteiger partial charge in [-0.05, 0) is 6.92 Å². The van der Waals surface area contributed by atoms with Crippen molar-refractivity contribution in [2.75, 3.05) is 12.3 Å². The first-order valence-corrected chi connectivity index (χ1v) is 12.6. The average molecular weight is 556 g/mol. The SMILES string of the molecule is Cc1cn([C@@H]2O[C@H](CN3C(=O)CS[C@@H]3[C@H]3O[C@@H](n4ccc(=O)[nH]c4=O)[C@H](O)[C@@H]3O)[C@@H](O)[C@H]2O)c(=O)[nH]c1=O. The first kappa shape index (κ1) is 26.5. The molecule has 0 radical (unpaired) electrons. The quantitative estimate of drug-likeness (QED) is 0.205. The van der Waals surface area contributed by atoms with Crippen LogP contribution < -0.4 is 22.5 Å². The summed E-state index contributed by atoms with van der Waals surface area (Å²) in [7, 11) is 0. The molecule has 38 heavy (non-hydrogen) atoms. The molecule has 2 aromatic heterocycles. The molecule has 0 bridgehead atoms. The molecule has 206 valence electrons. The fourth-order valence-electron chi connectivity index (χ4n) is 4.81. The fraction of sp³-hybridized carbons (Fsp3) is 0.571. The highest BCUT2D eigenvalue weighted by Crippen LogP contribution is 2.39. The molecule has 0 aliphatic carbocycles. The lowest BCUT2D eigenvalue weighted by Gasteiger charge is -2.32. The number of hydrogen-bond donors (Lipinski definition) is 6. The van der Waals surface area contributed by atoms with Gasteiger partial charge in [0.2, 0.25) is 5.91 Å². The number of nitrogens with zero attached hydrogens (tertiary/aromatic N) is 3. The standard InChI is InChI=1S/C21H25N5O11S/c1-7-4-26(21(35)23-16(7)33)18-13(31)11(29)8(36-18)5-25-10(28)6-38-19(25)15-12(30)14(32)17(37-15)24-3-2-9(27)22-20(24)34/h2-4,8,11-15,17-19,29-32H,5-6H2,1H3,(H,22,27,34)(H,23,33,35)/t8-,11-,12+,13-,14-,15+,17-,18-,19-/m1/s1. The zero-order valence-electron chi connectivity index (χ0n) is 19.7. The number of amides is 1. The van der Waals surface area contributed by atoms with E-state index < -0.39 is 82.9 Å². The Labute approximate surface area is 216 Å². The van der Waals surface area contributed by atoms with E-state index in [9.17, 15) is 44.4 Å². The van der Waals surface area contributed by atoms with Crippen LogP contribution in [0.15, 0.2) is 37.6 Å². The minimum absolute atomic E-state index is 0.0238. The maximum atomic E-state index is 12.8. The molecular weight excluding hydrogens is 530 g/mol. The van der Waals surface area contributed by atoms with E-state index in [1.165, 1.54) is 18.0 Å². The molecule has 0 unspecified atom stereocenters. The van der Waals surface area contributed by atoms with Crippen LogP contribution in [0.1, 0.15) is 18.0 Å². The van der Waals surface area contributed by atoms with Crippen molar-refractivity contribution in [3.63, 3.8) is 0 Å². The van der Waals surface area contributed by atoms with E-state index in [4.69, 9.17) is 9.47 Å². The van der Waals surface area contributed by atoms with Crippen molar-refractivity contribution in [2.45, 2.75) is 61.4 Å². The lowest BCUT2D eigenvalue weighted by Crippen LogP contribution is -2.50. The summed E-state index contributed by atoms with van der Waals surface area (Å²) in [6.07, 6.45) is -8.94. The number of hydrogen-bond acceptors (Lipinski definition) is 12. The third-order valence-electron chi connectivity index (χ3n) is 6.82. The van der Waals surface area contributed by atoms with Gasteiger partial charge in [-0.1, -0.05) is 0 Å². The molecule has 3 fully saturated rings. The molecule has 3 saturated heterocycles. The lowest BCUT2D eigenvalue weighted by atomic mass is 10.1. The average Bonchev–Trinajstić information content (AvgIpc) is 3.46. The van der Waals surface area contributed by atoms with Gasteiger partial charge in [0.05, 0.1) is 12.3 Å². The molecule has 0 aromatic carbocycles. The summed E-state index contributed by atoms with van der Waals surface area (Å²) >= 11 is 1.09. The fourth-order valence-corrected chi connectivity index (χ4v) is 6.08. The smallest absolute Gasteiger partial charge is 0.330 e. The van der Waals surface area contributed by atoms with Crippen LogP contribution in [0.5, 0.6) is 0 Å². The Hall–Kier alpha value is -3.06. The number of aliphatic hydroxyl groups excluding tert-OH is 4. The molecule has 5 rings (SSSR count). The normalized spacial score (nSPS) is 35.3. The highest BCUT2D eigenvalue weighted by molar-refractivity contribution is 8.01. The Bertz CT molecular complexity index is 1470. The zero-order chi connectivity index (χ0) is 27.5. The Morgan fingerprint density at radius 1 is 0.921 bits per heavy atom. The predicted molar refractivity (Wildman–Crippen MR) is 127 cm³/mol. The molecule has 0 saturated carbocycles. The van der Waals surface area contributed by atoms with Gasteiger partial charge in [0, 0.05) is 24.0 Å². The van der Waals surface area contributed by atoms with Crippen molar-refractivity contribution in [2.24, 2.45) is 0 Å². The van der Waals surface area contributed by atoms with Crippen LogP contribution in [0.3, 0.4) is 0 Å². The summed E-state index contributed by atoms with van der Waals surface area (Å²) in [6.45, 7) is 1.18. The Morgan fingerprint density at radius 3 is 2.29 bits per heavy atom. The lowest BCUT2D eigenvalue weighted by molar-refractivity contribution is -0.135. The van der Waals surface area contributed by atoms with Gasteiger partial charge in [0.1, 0.15) is 42.0 Å². The summed E-state index contributed by atoms with van der Waals surface area (Å²) in [6, 6.07) is 1.05.